The Balaban J connectivity index is 1.88. The molecule has 2 aromatic rings. The van der Waals surface area contributed by atoms with E-state index in [1.807, 2.05) is 0 Å². The van der Waals surface area contributed by atoms with Crippen LogP contribution in [-0.2, 0) is 6.54 Å². The first-order valence-electron chi connectivity index (χ1n) is 12.3. The van der Waals surface area contributed by atoms with Crippen molar-refractivity contribution in [1.29, 1.82) is 0 Å². The molecule has 3 N–H and O–H groups in total. The van der Waals surface area contributed by atoms with Crippen molar-refractivity contribution in [2.75, 3.05) is 11.9 Å². The SMILES string of the molecule is CCn1nc(C(=O)NCC2(O)CCC(C)CC2)c(Cl)c1-c1cnc(N[C@@H](C)CC(F)(F)F)cc1OC(F)F. The average Bonchev–Trinajstić information content (AvgIpc) is 3.14. The molecule has 0 bridgehead atoms. The van der Waals surface area contributed by atoms with Crippen LogP contribution in [0.5, 0.6) is 5.75 Å². The number of rotatable bonds is 10. The molecule has 1 fully saturated rings. The van der Waals surface area contributed by atoms with Gasteiger partial charge in [-0.25, -0.2) is 4.98 Å². The topological polar surface area (TPSA) is 101 Å². The van der Waals surface area contributed by atoms with E-state index in [0.29, 0.717) is 18.8 Å². The number of anilines is 1. The minimum atomic E-state index is -4.43. The van der Waals surface area contributed by atoms with E-state index >= 15 is 0 Å². The number of ether oxygens (including phenoxy) is 1. The predicted octanol–water partition coefficient (Wildman–Crippen LogP) is 5.64. The van der Waals surface area contributed by atoms with E-state index in [4.69, 9.17) is 11.6 Å². The maximum absolute atomic E-state index is 13.2. The number of amides is 1. The maximum atomic E-state index is 13.2. The van der Waals surface area contributed by atoms with Crippen LogP contribution in [0.3, 0.4) is 0 Å². The molecular weight excluding hydrogens is 537 g/mol. The Kier molecular flexibility index (Phi) is 9.45. The summed E-state index contributed by atoms with van der Waals surface area (Å²) in [6.45, 7) is 2.01. The Hall–Kier alpha value is -2.67. The molecule has 38 heavy (non-hydrogen) atoms. The van der Waals surface area contributed by atoms with Gasteiger partial charge in [0.05, 0.1) is 28.3 Å². The number of nitrogens with zero attached hydrogens (tertiary/aromatic N) is 3. The van der Waals surface area contributed by atoms with Gasteiger partial charge in [0.1, 0.15) is 11.6 Å². The Bertz CT molecular complexity index is 1120. The van der Waals surface area contributed by atoms with Crippen molar-refractivity contribution in [2.24, 2.45) is 5.92 Å². The molecule has 1 atom stereocenters. The summed E-state index contributed by atoms with van der Waals surface area (Å²) in [5.74, 6) is -0.686. The van der Waals surface area contributed by atoms with Gasteiger partial charge in [-0.3, -0.25) is 9.48 Å². The van der Waals surface area contributed by atoms with E-state index in [1.165, 1.54) is 11.6 Å². The van der Waals surface area contributed by atoms with Gasteiger partial charge in [0.15, 0.2) is 5.69 Å². The molecule has 0 unspecified atom stereocenters. The fourth-order valence-corrected chi connectivity index (χ4v) is 4.74. The Morgan fingerprint density at radius 1 is 1.34 bits per heavy atom. The third-order valence-electron chi connectivity index (χ3n) is 6.46. The highest BCUT2D eigenvalue weighted by Gasteiger charge is 2.34. The van der Waals surface area contributed by atoms with Crippen molar-refractivity contribution in [3.8, 4) is 17.0 Å². The number of aryl methyl sites for hydroxylation is 1. The Morgan fingerprint density at radius 3 is 2.58 bits per heavy atom. The first-order valence-corrected chi connectivity index (χ1v) is 12.6. The fourth-order valence-electron chi connectivity index (χ4n) is 4.41. The molecule has 0 spiro atoms. The summed E-state index contributed by atoms with van der Waals surface area (Å²) in [7, 11) is 0. The first-order chi connectivity index (χ1) is 17.7. The van der Waals surface area contributed by atoms with Gasteiger partial charge < -0.3 is 20.5 Å². The number of nitrogens with one attached hydrogen (secondary N) is 2. The summed E-state index contributed by atoms with van der Waals surface area (Å²) in [6, 6.07) is -0.0492. The molecule has 212 valence electrons. The second-order valence-electron chi connectivity index (χ2n) is 9.73. The first kappa shape index (κ1) is 29.9. The van der Waals surface area contributed by atoms with Crippen molar-refractivity contribution < 1.29 is 36.6 Å². The van der Waals surface area contributed by atoms with Gasteiger partial charge in [0.2, 0.25) is 0 Å². The van der Waals surface area contributed by atoms with Crippen LogP contribution >= 0.6 is 11.6 Å². The number of hydrogen-bond donors (Lipinski definition) is 3. The van der Waals surface area contributed by atoms with Gasteiger partial charge in [-0.2, -0.15) is 27.1 Å². The number of hydrogen-bond acceptors (Lipinski definition) is 6. The van der Waals surface area contributed by atoms with Gasteiger partial charge in [-0.15, -0.1) is 0 Å². The number of alkyl halides is 5. The zero-order valence-corrected chi connectivity index (χ0v) is 22.0. The number of aliphatic hydroxyl groups is 1. The maximum Gasteiger partial charge on any atom is 0.391 e. The number of carbonyl (C=O) groups excluding carboxylic acids is 1. The lowest BCUT2D eigenvalue weighted by atomic mass is 9.79. The molecule has 0 radical (unpaired) electrons. The zero-order chi connectivity index (χ0) is 28.3. The average molecular weight is 568 g/mol. The highest BCUT2D eigenvalue weighted by Crippen LogP contribution is 2.39. The highest BCUT2D eigenvalue weighted by atomic mass is 35.5. The molecule has 3 rings (SSSR count). The summed E-state index contributed by atoms with van der Waals surface area (Å²) in [5.41, 5.74) is -1.18. The van der Waals surface area contributed by atoms with E-state index in [1.54, 1.807) is 6.92 Å². The third kappa shape index (κ3) is 7.68. The highest BCUT2D eigenvalue weighted by molar-refractivity contribution is 6.36. The summed E-state index contributed by atoms with van der Waals surface area (Å²) in [6.07, 6.45) is -1.73. The van der Waals surface area contributed by atoms with Crippen LogP contribution in [0.25, 0.3) is 11.3 Å². The largest absolute Gasteiger partial charge is 0.434 e. The normalized spacial score (nSPS) is 20.9. The van der Waals surface area contributed by atoms with E-state index < -0.39 is 42.5 Å². The number of pyridine rings is 1. The van der Waals surface area contributed by atoms with Crippen LogP contribution in [0.4, 0.5) is 27.8 Å². The molecule has 14 heteroatoms. The predicted molar refractivity (Wildman–Crippen MR) is 131 cm³/mol. The molecule has 1 aliphatic carbocycles. The van der Waals surface area contributed by atoms with Crippen molar-refractivity contribution in [2.45, 2.75) is 83.9 Å². The zero-order valence-electron chi connectivity index (χ0n) is 21.2. The second kappa shape index (κ2) is 12.0. The van der Waals surface area contributed by atoms with Gasteiger partial charge in [-0.1, -0.05) is 18.5 Å². The number of halogens is 6. The molecule has 0 saturated heterocycles. The molecule has 1 aliphatic rings. The van der Waals surface area contributed by atoms with Crippen LogP contribution in [0.15, 0.2) is 12.3 Å². The van der Waals surface area contributed by atoms with Crippen LogP contribution in [0.1, 0.15) is 63.4 Å². The lowest BCUT2D eigenvalue weighted by Crippen LogP contribution is -2.45. The van der Waals surface area contributed by atoms with Gasteiger partial charge >= 0.3 is 12.8 Å². The van der Waals surface area contributed by atoms with Crippen molar-refractivity contribution >= 4 is 23.3 Å². The molecule has 2 heterocycles. The number of carbonyl (C=O) groups is 1. The van der Waals surface area contributed by atoms with E-state index in [2.05, 4.69) is 32.4 Å². The summed E-state index contributed by atoms with van der Waals surface area (Å²) < 4.78 is 70.4. The molecule has 1 amide bonds. The van der Waals surface area contributed by atoms with Crippen LogP contribution in [0, 0.1) is 5.92 Å². The smallest absolute Gasteiger partial charge is 0.391 e. The van der Waals surface area contributed by atoms with Gasteiger partial charge in [-0.05, 0) is 45.4 Å². The van der Waals surface area contributed by atoms with E-state index in [9.17, 15) is 31.9 Å². The van der Waals surface area contributed by atoms with Gasteiger partial charge in [0.25, 0.3) is 5.91 Å². The quantitative estimate of drug-likeness (QED) is 0.321. The molecule has 8 nitrogen and oxygen atoms in total. The lowest BCUT2D eigenvalue weighted by Gasteiger charge is -2.34. The monoisotopic (exact) mass is 567 g/mol. The summed E-state index contributed by atoms with van der Waals surface area (Å²) >= 11 is 6.50. The van der Waals surface area contributed by atoms with Crippen LogP contribution in [-0.4, -0.2) is 56.8 Å². The summed E-state index contributed by atoms with van der Waals surface area (Å²) in [5, 5.41) is 20.0. The van der Waals surface area contributed by atoms with Crippen LogP contribution in [0.2, 0.25) is 5.02 Å². The van der Waals surface area contributed by atoms with Crippen molar-refractivity contribution in [3.63, 3.8) is 0 Å². The second-order valence-corrected chi connectivity index (χ2v) is 10.1. The molecular formula is C24H31ClF5N5O3. The minimum absolute atomic E-state index is 0.000968. The van der Waals surface area contributed by atoms with Crippen molar-refractivity contribution in [1.82, 2.24) is 20.1 Å². The van der Waals surface area contributed by atoms with Gasteiger partial charge in [0, 0.05) is 31.4 Å². The Labute approximate surface area is 221 Å². The Morgan fingerprint density at radius 2 is 2.00 bits per heavy atom. The molecule has 2 aromatic heterocycles. The molecule has 1 saturated carbocycles. The standard InChI is InChI=1S/C24H31ClF5N5O3/c1-4-35-20(18(25)19(34-35)21(36)32-12-23(37)7-5-13(2)6-8-23)15-11-31-17(9-16(15)38-22(26)27)33-14(3)10-24(28,29)30/h9,11,13-14,22,37H,4-8,10,12H2,1-3H3,(H,31,33)(H,32,36)/t13?,14-,23?/m0/s1. The summed E-state index contributed by atoms with van der Waals surface area (Å²) in [4.78, 5) is 17.0. The molecule has 0 aromatic carbocycles. The third-order valence-corrected chi connectivity index (χ3v) is 6.82. The minimum Gasteiger partial charge on any atom is -0.434 e. The van der Waals surface area contributed by atoms with Crippen molar-refractivity contribution in [3.05, 3.63) is 23.0 Å². The fraction of sp³-hybridized carbons (Fsp3) is 0.625. The van der Waals surface area contributed by atoms with E-state index in [0.717, 1.165) is 25.1 Å². The molecule has 0 aliphatic heterocycles. The van der Waals surface area contributed by atoms with E-state index in [-0.39, 0.29) is 40.9 Å². The lowest BCUT2D eigenvalue weighted by molar-refractivity contribution is -0.136. The number of aromatic nitrogens is 3. The van der Waals surface area contributed by atoms with Crippen LogP contribution < -0.4 is 15.4 Å².